The third-order valence-electron chi connectivity index (χ3n) is 4.82. The number of piperidine rings is 2. The largest absolute Gasteiger partial charge is 0.361 e. The molecule has 2 aliphatic heterocycles. The zero-order valence-electron chi connectivity index (χ0n) is 12.6. The first kappa shape index (κ1) is 13.6. The summed E-state index contributed by atoms with van der Waals surface area (Å²) < 4.78 is 5.24. The summed E-state index contributed by atoms with van der Waals surface area (Å²) in [6.45, 7) is 9.54. The quantitative estimate of drug-likeness (QED) is 0.844. The molecule has 1 aromatic rings. The number of fused-ring (bicyclic) bond motifs is 2. The molecule has 2 bridgehead atoms. The Morgan fingerprint density at radius 2 is 2.20 bits per heavy atom. The van der Waals surface area contributed by atoms with Gasteiger partial charge in [0.2, 0.25) is 5.91 Å². The molecule has 5 nitrogen and oxygen atoms in total. The summed E-state index contributed by atoms with van der Waals surface area (Å²) in [5, 5.41) is 4.01. The van der Waals surface area contributed by atoms with Crippen LogP contribution in [0.5, 0.6) is 0 Å². The summed E-state index contributed by atoms with van der Waals surface area (Å²) in [6.07, 6.45) is 2.20. The van der Waals surface area contributed by atoms with Crippen molar-refractivity contribution in [1.29, 1.82) is 0 Å². The molecule has 0 unspecified atom stereocenters. The molecule has 0 radical (unpaired) electrons. The van der Waals surface area contributed by atoms with Crippen LogP contribution in [0, 0.1) is 19.8 Å². The van der Waals surface area contributed by atoms with Crippen molar-refractivity contribution in [2.75, 3.05) is 19.6 Å². The van der Waals surface area contributed by atoms with Gasteiger partial charge < -0.3 is 9.42 Å². The summed E-state index contributed by atoms with van der Waals surface area (Å²) >= 11 is 0. The lowest BCUT2D eigenvalue weighted by atomic mass is 9.85. The maximum absolute atomic E-state index is 12.5. The van der Waals surface area contributed by atoms with E-state index in [2.05, 4.69) is 17.0 Å². The van der Waals surface area contributed by atoms with Crippen molar-refractivity contribution in [2.45, 2.75) is 46.2 Å². The Labute approximate surface area is 119 Å². The van der Waals surface area contributed by atoms with Crippen molar-refractivity contribution in [3.63, 3.8) is 0 Å². The molecule has 2 saturated heterocycles. The van der Waals surface area contributed by atoms with Gasteiger partial charge >= 0.3 is 0 Å². The molecule has 5 heteroatoms. The predicted molar refractivity (Wildman–Crippen MR) is 75.2 cm³/mol. The molecule has 20 heavy (non-hydrogen) atoms. The molecule has 2 fully saturated rings. The van der Waals surface area contributed by atoms with Gasteiger partial charge in [-0.3, -0.25) is 9.69 Å². The second kappa shape index (κ2) is 5.20. The summed E-state index contributed by atoms with van der Waals surface area (Å²) in [6, 6.07) is 0.0520. The van der Waals surface area contributed by atoms with E-state index in [1.807, 2.05) is 18.7 Å². The molecule has 110 valence electrons. The molecule has 0 N–H and O–H groups in total. The van der Waals surface area contributed by atoms with Gasteiger partial charge in [-0.15, -0.1) is 0 Å². The van der Waals surface area contributed by atoms with Crippen LogP contribution in [0.3, 0.4) is 0 Å². The van der Waals surface area contributed by atoms with Crippen molar-refractivity contribution in [3.8, 4) is 0 Å². The average molecular weight is 277 g/mol. The Hall–Kier alpha value is -1.36. The van der Waals surface area contributed by atoms with E-state index in [1.54, 1.807) is 0 Å². The Kier molecular flexibility index (Phi) is 3.54. The maximum Gasteiger partial charge on any atom is 0.239 e. The number of likely N-dealkylation sites (N-methyl/N-ethyl adjacent to an activating group) is 1. The fraction of sp³-hybridized carbons (Fsp3) is 0.733. The minimum absolute atomic E-state index is 0.0520. The summed E-state index contributed by atoms with van der Waals surface area (Å²) in [4.78, 5) is 16.8. The number of rotatable bonds is 3. The van der Waals surface area contributed by atoms with Gasteiger partial charge in [0, 0.05) is 25.2 Å². The second-order valence-electron chi connectivity index (χ2n) is 6.06. The number of hydrogen-bond acceptors (Lipinski definition) is 4. The van der Waals surface area contributed by atoms with E-state index in [1.165, 1.54) is 6.42 Å². The van der Waals surface area contributed by atoms with Crippen molar-refractivity contribution >= 4 is 5.91 Å². The molecule has 3 heterocycles. The van der Waals surface area contributed by atoms with E-state index in [9.17, 15) is 4.79 Å². The molecule has 0 aliphatic carbocycles. The number of hydrogen-bond donors (Lipinski definition) is 0. The van der Waals surface area contributed by atoms with Gasteiger partial charge in [-0.2, -0.15) is 0 Å². The highest BCUT2D eigenvalue weighted by molar-refractivity contribution is 5.83. The zero-order chi connectivity index (χ0) is 14.3. The van der Waals surface area contributed by atoms with E-state index in [0.29, 0.717) is 11.8 Å². The number of aromatic nitrogens is 1. The lowest BCUT2D eigenvalue weighted by Crippen LogP contribution is -2.58. The summed E-state index contributed by atoms with van der Waals surface area (Å²) in [5.41, 5.74) is 2.09. The Morgan fingerprint density at radius 1 is 1.40 bits per heavy atom. The van der Waals surface area contributed by atoms with Crippen LogP contribution >= 0.6 is 0 Å². The zero-order valence-corrected chi connectivity index (χ0v) is 12.6. The van der Waals surface area contributed by atoms with Gasteiger partial charge in [0.15, 0.2) is 0 Å². The number of aryl methyl sites for hydroxylation is 2. The fourth-order valence-corrected chi connectivity index (χ4v) is 3.53. The standard InChI is InChI=1S/C15H23N3O2/c1-4-17-8-12-5-6-18(14(7-12)15(17)19)9-13-10(2)16-20-11(13)3/h12,14H,4-9H2,1-3H3/t12-,14+/m0/s1. The first-order valence-electron chi connectivity index (χ1n) is 7.54. The van der Waals surface area contributed by atoms with Gasteiger partial charge in [0.05, 0.1) is 11.7 Å². The van der Waals surface area contributed by atoms with Crippen molar-refractivity contribution in [2.24, 2.45) is 5.92 Å². The van der Waals surface area contributed by atoms with Crippen LogP contribution in [0.15, 0.2) is 4.52 Å². The molecule has 3 rings (SSSR count). The van der Waals surface area contributed by atoms with Crippen molar-refractivity contribution in [3.05, 3.63) is 17.0 Å². The Balaban J connectivity index is 1.79. The molecule has 1 amide bonds. The average Bonchev–Trinajstić information content (AvgIpc) is 2.76. The van der Waals surface area contributed by atoms with Crippen LogP contribution in [0.25, 0.3) is 0 Å². The molecule has 2 aliphatic rings. The van der Waals surface area contributed by atoms with Crippen molar-refractivity contribution in [1.82, 2.24) is 15.0 Å². The van der Waals surface area contributed by atoms with E-state index < -0.39 is 0 Å². The highest BCUT2D eigenvalue weighted by Gasteiger charge is 2.40. The molecular weight excluding hydrogens is 254 g/mol. The van der Waals surface area contributed by atoms with Crippen LogP contribution in [0.4, 0.5) is 0 Å². The van der Waals surface area contributed by atoms with Crippen LogP contribution in [-0.2, 0) is 11.3 Å². The minimum atomic E-state index is 0.0520. The third-order valence-corrected chi connectivity index (χ3v) is 4.82. The maximum atomic E-state index is 12.5. The number of carbonyl (C=O) groups is 1. The lowest BCUT2D eigenvalue weighted by molar-refractivity contribution is -0.145. The number of nitrogens with zero attached hydrogens (tertiary/aromatic N) is 3. The van der Waals surface area contributed by atoms with Gasteiger partial charge in [-0.05, 0) is 46.1 Å². The van der Waals surface area contributed by atoms with Crippen LogP contribution in [-0.4, -0.2) is 46.5 Å². The topological polar surface area (TPSA) is 49.6 Å². The smallest absolute Gasteiger partial charge is 0.239 e. The minimum Gasteiger partial charge on any atom is -0.361 e. The highest BCUT2D eigenvalue weighted by Crippen LogP contribution is 2.31. The lowest BCUT2D eigenvalue weighted by Gasteiger charge is -2.46. The molecule has 1 aromatic heterocycles. The molecule has 2 atom stereocenters. The monoisotopic (exact) mass is 277 g/mol. The van der Waals surface area contributed by atoms with Crippen LogP contribution in [0.1, 0.15) is 36.8 Å². The highest BCUT2D eigenvalue weighted by atomic mass is 16.5. The van der Waals surface area contributed by atoms with Gasteiger partial charge in [-0.1, -0.05) is 5.16 Å². The first-order valence-corrected chi connectivity index (χ1v) is 7.54. The van der Waals surface area contributed by atoms with E-state index in [4.69, 9.17) is 4.52 Å². The molecule has 0 aromatic carbocycles. The number of likely N-dealkylation sites (tertiary alicyclic amines) is 2. The number of amides is 1. The van der Waals surface area contributed by atoms with E-state index >= 15 is 0 Å². The predicted octanol–water partition coefficient (Wildman–Crippen LogP) is 1.73. The summed E-state index contributed by atoms with van der Waals surface area (Å²) in [7, 11) is 0. The Morgan fingerprint density at radius 3 is 2.85 bits per heavy atom. The van der Waals surface area contributed by atoms with E-state index in [-0.39, 0.29) is 6.04 Å². The van der Waals surface area contributed by atoms with Gasteiger partial charge in [0.1, 0.15) is 5.76 Å². The first-order chi connectivity index (χ1) is 9.60. The Bertz CT molecular complexity index is 492. The van der Waals surface area contributed by atoms with Crippen LogP contribution < -0.4 is 0 Å². The van der Waals surface area contributed by atoms with Crippen LogP contribution in [0.2, 0.25) is 0 Å². The third kappa shape index (κ3) is 2.24. The normalized spacial score (nSPS) is 27.1. The second-order valence-corrected chi connectivity index (χ2v) is 6.06. The fourth-order valence-electron chi connectivity index (χ4n) is 3.53. The van der Waals surface area contributed by atoms with Gasteiger partial charge in [0.25, 0.3) is 0 Å². The van der Waals surface area contributed by atoms with Gasteiger partial charge in [-0.25, -0.2) is 0 Å². The molecule has 0 spiro atoms. The van der Waals surface area contributed by atoms with Crippen molar-refractivity contribution < 1.29 is 9.32 Å². The van der Waals surface area contributed by atoms with E-state index in [0.717, 1.165) is 49.6 Å². The molecular formula is C15H23N3O2. The molecule has 0 saturated carbocycles. The number of carbonyl (C=O) groups excluding carboxylic acids is 1. The summed E-state index contributed by atoms with van der Waals surface area (Å²) in [5.74, 6) is 1.86. The SMILES string of the molecule is CCN1C[C@H]2CCN(Cc3c(C)noc3C)[C@H](C2)C1=O.